The zero-order valence-electron chi connectivity index (χ0n) is 26.2. The van der Waals surface area contributed by atoms with Crippen molar-refractivity contribution in [2.45, 2.75) is 57.6 Å². The number of hydrogen-bond donors (Lipinski definition) is 1. The molecule has 0 bridgehead atoms. The minimum Gasteiger partial charge on any atom is -0.494 e. The van der Waals surface area contributed by atoms with Crippen LogP contribution in [0.1, 0.15) is 37.5 Å². The van der Waals surface area contributed by atoms with Crippen molar-refractivity contribution in [3.63, 3.8) is 0 Å². The zero-order chi connectivity index (χ0) is 32.4. The van der Waals surface area contributed by atoms with Gasteiger partial charge in [0.05, 0.1) is 17.2 Å². The third-order valence-electron chi connectivity index (χ3n) is 7.22. The fourth-order valence-corrected chi connectivity index (χ4v) is 6.37. The van der Waals surface area contributed by atoms with Crippen LogP contribution in [0.15, 0.2) is 114 Å². The molecule has 0 saturated carbocycles. The Balaban J connectivity index is 1.79. The molecule has 0 radical (unpaired) electrons. The topological polar surface area (TPSA) is 96.0 Å². The summed E-state index contributed by atoms with van der Waals surface area (Å²) in [6.45, 7) is 7.52. The van der Waals surface area contributed by atoms with E-state index in [4.69, 9.17) is 4.74 Å². The molecule has 0 aromatic heterocycles. The molecule has 0 aliphatic rings. The summed E-state index contributed by atoms with van der Waals surface area (Å²) in [5.41, 5.74) is 2.91. The quantitative estimate of drug-likeness (QED) is 0.192. The van der Waals surface area contributed by atoms with Crippen molar-refractivity contribution >= 4 is 27.5 Å². The number of aryl methyl sites for hydroxylation is 1. The Hall–Kier alpha value is -4.63. The van der Waals surface area contributed by atoms with E-state index in [2.05, 4.69) is 5.32 Å². The molecule has 0 spiro atoms. The Morgan fingerprint density at radius 1 is 0.800 bits per heavy atom. The van der Waals surface area contributed by atoms with Crippen LogP contribution in [0.5, 0.6) is 5.75 Å². The van der Waals surface area contributed by atoms with Gasteiger partial charge in [-0.3, -0.25) is 13.9 Å². The molecular weight excluding hydrogens is 586 g/mol. The maximum Gasteiger partial charge on any atom is 0.264 e. The SMILES string of the molecule is CCOc1ccc(N(CC(=O)N(Cc2ccccc2)[C@@H](Cc2ccccc2)C(=O)NC(C)C)S(=O)(=O)c2ccc(C)cc2)cc1. The van der Waals surface area contributed by atoms with Gasteiger partial charge in [-0.15, -0.1) is 0 Å². The van der Waals surface area contributed by atoms with Crippen LogP contribution in [-0.2, 0) is 32.6 Å². The maximum absolute atomic E-state index is 14.5. The molecule has 4 aromatic rings. The summed E-state index contributed by atoms with van der Waals surface area (Å²) in [4.78, 5) is 29.8. The lowest BCUT2D eigenvalue weighted by Gasteiger charge is -2.34. The average Bonchev–Trinajstić information content (AvgIpc) is 3.03. The summed E-state index contributed by atoms with van der Waals surface area (Å²) >= 11 is 0. The summed E-state index contributed by atoms with van der Waals surface area (Å²) in [5, 5.41) is 2.97. The molecule has 4 rings (SSSR count). The lowest BCUT2D eigenvalue weighted by Crippen LogP contribution is -2.54. The van der Waals surface area contributed by atoms with Gasteiger partial charge in [-0.25, -0.2) is 8.42 Å². The summed E-state index contributed by atoms with van der Waals surface area (Å²) < 4.78 is 35.0. The Morgan fingerprint density at radius 2 is 1.38 bits per heavy atom. The summed E-state index contributed by atoms with van der Waals surface area (Å²) in [7, 11) is -4.18. The van der Waals surface area contributed by atoms with Crippen molar-refractivity contribution in [2.75, 3.05) is 17.5 Å². The van der Waals surface area contributed by atoms with Crippen LogP contribution in [0.3, 0.4) is 0 Å². The van der Waals surface area contributed by atoms with E-state index in [0.29, 0.717) is 18.0 Å². The fraction of sp³-hybridized carbons (Fsp3) is 0.278. The molecule has 0 fully saturated rings. The highest BCUT2D eigenvalue weighted by Crippen LogP contribution is 2.27. The number of rotatable bonds is 14. The van der Waals surface area contributed by atoms with E-state index >= 15 is 0 Å². The predicted octanol–water partition coefficient (Wildman–Crippen LogP) is 5.75. The van der Waals surface area contributed by atoms with Crippen molar-refractivity contribution in [3.8, 4) is 5.75 Å². The van der Waals surface area contributed by atoms with Crippen molar-refractivity contribution < 1.29 is 22.7 Å². The number of hydrogen-bond acceptors (Lipinski definition) is 5. The second-order valence-electron chi connectivity index (χ2n) is 11.1. The van der Waals surface area contributed by atoms with Gasteiger partial charge < -0.3 is 15.0 Å². The number of carbonyl (C=O) groups excluding carboxylic acids is 2. The van der Waals surface area contributed by atoms with Crippen LogP contribution in [0.2, 0.25) is 0 Å². The minimum atomic E-state index is -4.18. The molecule has 236 valence electrons. The first-order valence-corrected chi connectivity index (χ1v) is 16.5. The van der Waals surface area contributed by atoms with Crippen LogP contribution in [0.25, 0.3) is 0 Å². The van der Waals surface area contributed by atoms with E-state index in [1.54, 1.807) is 36.4 Å². The molecule has 8 nitrogen and oxygen atoms in total. The molecule has 0 heterocycles. The molecule has 0 aliphatic heterocycles. The van der Waals surface area contributed by atoms with Gasteiger partial charge in [0.2, 0.25) is 11.8 Å². The third-order valence-corrected chi connectivity index (χ3v) is 9.01. The van der Waals surface area contributed by atoms with Gasteiger partial charge in [-0.05, 0) is 75.2 Å². The smallest absolute Gasteiger partial charge is 0.264 e. The van der Waals surface area contributed by atoms with Crippen LogP contribution < -0.4 is 14.4 Å². The maximum atomic E-state index is 14.5. The minimum absolute atomic E-state index is 0.0581. The predicted molar refractivity (Wildman–Crippen MR) is 178 cm³/mol. The molecule has 0 unspecified atom stereocenters. The first-order valence-electron chi connectivity index (χ1n) is 15.1. The average molecular weight is 628 g/mol. The number of benzene rings is 4. The molecule has 45 heavy (non-hydrogen) atoms. The van der Waals surface area contributed by atoms with Crippen molar-refractivity contribution in [1.82, 2.24) is 10.2 Å². The molecule has 4 aromatic carbocycles. The van der Waals surface area contributed by atoms with Gasteiger partial charge in [-0.1, -0.05) is 78.4 Å². The van der Waals surface area contributed by atoms with E-state index in [0.717, 1.165) is 21.0 Å². The molecule has 0 saturated heterocycles. The number of nitrogens with one attached hydrogen (secondary N) is 1. The number of anilines is 1. The lowest BCUT2D eigenvalue weighted by molar-refractivity contribution is -0.140. The van der Waals surface area contributed by atoms with E-state index in [1.165, 1.54) is 17.0 Å². The Kier molecular flexibility index (Phi) is 11.4. The number of nitrogens with zero attached hydrogens (tertiary/aromatic N) is 2. The zero-order valence-corrected chi connectivity index (χ0v) is 27.0. The summed E-state index contributed by atoms with van der Waals surface area (Å²) in [5.74, 6) is -0.241. The molecule has 9 heteroatoms. The van der Waals surface area contributed by atoms with E-state index in [1.807, 2.05) is 88.4 Å². The van der Waals surface area contributed by atoms with E-state index in [-0.39, 0.29) is 29.8 Å². The molecular formula is C36H41N3O5S. The van der Waals surface area contributed by atoms with Gasteiger partial charge in [0.15, 0.2) is 0 Å². The summed E-state index contributed by atoms with van der Waals surface area (Å²) in [6.07, 6.45) is 0.256. The Bertz CT molecular complexity index is 1640. The van der Waals surface area contributed by atoms with Gasteiger partial charge in [0.1, 0.15) is 18.3 Å². The standard InChI is InChI=1S/C36H41N3O5S/c1-5-44-32-20-18-31(19-21-32)39(45(42,43)33-22-16-28(4)17-23-33)26-35(40)38(25-30-14-10-7-11-15-30)34(36(41)37-27(2)3)24-29-12-8-6-9-13-29/h6-23,27,34H,5,24-26H2,1-4H3,(H,37,41)/t34-/m0/s1. The van der Waals surface area contributed by atoms with Crippen molar-refractivity contribution in [2.24, 2.45) is 0 Å². The van der Waals surface area contributed by atoms with Crippen LogP contribution in [-0.4, -0.2) is 50.4 Å². The van der Waals surface area contributed by atoms with E-state index < -0.39 is 28.5 Å². The first kappa shape index (κ1) is 33.3. The molecule has 1 atom stereocenters. The Labute approximate surface area is 266 Å². The number of amides is 2. The summed E-state index contributed by atoms with van der Waals surface area (Å²) in [6, 6.07) is 30.9. The first-order chi connectivity index (χ1) is 21.6. The highest BCUT2D eigenvalue weighted by molar-refractivity contribution is 7.92. The number of ether oxygens (including phenoxy) is 1. The van der Waals surface area contributed by atoms with Crippen LogP contribution in [0, 0.1) is 6.92 Å². The second kappa shape index (κ2) is 15.4. The fourth-order valence-electron chi connectivity index (χ4n) is 4.96. The third kappa shape index (κ3) is 8.95. The second-order valence-corrected chi connectivity index (χ2v) is 13.0. The number of sulfonamides is 1. The van der Waals surface area contributed by atoms with Gasteiger partial charge in [0.25, 0.3) is 10.0 Å². The van der Waals surface area contributed by atoms with Gasteiger partial charge >= 0.3 is 0 Å². The van der Waals surface area contributed by atoms with Gasteiger partial charge in [-0.2, -0.15) is 0 Å². The molecule has 1 N–H and O–H groups in total. The van der Waals surface area contributed by atoms with Crippen LogP contribution in [0.4, 0.5) is 5.69 Å². The van der Waals surface area contributed by atoms with Crippen LogP contribution >= 0.6 is 0 Å². The number of carbonyl (C=O) groups is 2. The van der Waals surface area contributed by atoms with E-state index in [9.17, 15) is 18.0 Å². The largest absolute Gasteiger partial charge is 0.494 e. The monoisotopic (exact) mass is 627 g/mol. The normalized spacial score (nSPS) is 11.9. The highest BCUT2D eigenvalue weighted by Gasteiger charge is 2.34. The molecule has 0 aliphatic carbocycles. The molecule has 2 amide bonds. The highest BCUT2D eigenvalue weighted by atomic mass is 32.2. The van der Waals surface area contributed by atoms with Crippen molar-refractivity contribution in [1.29, 1.82) is 0 Å². The Morgan fingerprint density at radius 3 is 1.93 bits per heavy atom. The lowest BCUT2D eigenvalue weighted by atomic mass is 10.0. The van der Waals surface area contributed by atoms with Gasteiger partial charge in [0, 0.05) is 19.0 Å². The van der Waals surface area contributed by atoms with Crippen molar-refractivity contribution in [3.05, 3.63) is 126 Å².